The fourth-order valence-corrected chi connectivity index (χ4v) is 5.93. The van der Waals surface area contributed by atoms with Gasteiger partial charge in [-0.25, -0.2) is 0 Å². The molecule has 0 spiro atoms. The van der Waals surface area contributed by atoms with Gasteiger partial charge in [-0.1, -0.05) is 84.9 Å². The zero-order valence-corrected chi connectivity index (χ0v) is 20.6. The van der Waals surface area contributed by atoms with Crippen molar-refractivity contribution in [2.24, 2.45) is 0 Å². The van der Waals surface area contributed by atoms with E-state index >= 15 is 0 Å². The van der Waals surface area contributed by atoms with E-state index in [0.717, 1.165) is 37.2 Å². The van der Waals surface area contributed by atoms with Crippen molar-refractivity contribution in [2.75, 3.05) is 0 Å². The zero-order valence-electron chi connectivity index (χ0n) is 19.8. The molecule has 4 heteroatoms. The molecule has 6 rings (SSSR count). The normalized spacial score (nSPS) is 11.0. The summed E-state index contributed by atoms with van der Waals surface area (Å²) in [6, 6.07) is 37.8. The van der Waals surface area contributed by atoms with Crippen molar-refractivity contribution in [3.8, 4) is 44.2 Å². The van der Waals surface area contributed by atoms with E-state index in [1.54, 1.807) is 24.3 Å². The summed E-state index contributed by atoms with van der Waals surface area (Å²) in [6.45, 7) is 0. The van der Waals surface area contributed by atoms with Crippen LogP contribution in [0.15, 0.2) is 121 Å². The summed E-state index contributed by atoms with van der Waals surface area (Å²) < 4.78 is 0.952. The van der Waals surface area contributed by atoms with Gasteiger partial charge in [0.25, 0.3) is 0 Å². The standard InChI is InChI=1S/C33H22O3S/c34-25-19-17-24(18-20-25)33-31(32(36)23-15-13-22(14-16-23)21-7-2-1-3-8-21)30-27(10-6-12-29(30)37-33)26-9-4-5-11-28(26)35/h1-20,34-35H. The number of hydrogen-bond donors (Lipinski definition) is 2. The van der Waals surface area contributed by atoms with Crippen LogP contribution in [-0.4, -0.2) is 16.0 Å². The minimum absolute atomic E-state index is 0.0863. The van der Waals surface area contributed by atoms with Crippen LogP contribution in [0.2, 0.25) is 0 Å². The second-order valence-corrected chi connectivity index (χ2v) is 9.87. The number of thiophene rings is 1. The average molecular weight is 499 g/mol. The topological polar surface area (TPSA) is 57.5 Å². The van der Waals surface area contributed by atoms with Crippen molar-refractivity contribution in [2.45, 2.75) is 0 Å². The summed E-state index contributed by atoms with van der Waals surface area (Å²) >= 11 is 1.54. The van der Waals surface area contributed by atoms with E-state index in [4.69, 9.17) is 0 Å². The van der Waals surface area contributed by atoms with Gasteiger partial charge in [0.1, 0.15) is 11.5 Å². The smallest absolute Gasteiger partial charge is 0.195 e. The largest absolute Gasteiger partial charge is 0.508 e. The molecule has 0 aliphatic heterocycles. The third kappa shape index (κ3) is 4.18. The number of benzene rings is 5. The fourth-order valence-electron chi connectivity index (χ4n) is 4.70. The predicted octanol–water partition coefficient (Wildman–Crippen LogP) is 8.54. The molecule has 0 radical (unpaired) electrons. The maximum Gasteiger partial charge on any atom is 0.195 e. The second kappa shape index (κ2) is 9.41. The first kappa shape index (κ1) is 22.8. The third-order valence-corrected chi connectivity index (χ3v) is 7.72. The molecule has 6 aromatic rings. The minimum Gasteiger partial charge on any atom is -0.508 e. The summed E-state index contributed by atoms with van der Waals surface area (Å²) in [4.78, 5) is 15.0. The Morgan fingerprint density at radius 2 is 1.19 bits per heavy atom. The second-order valence-electron chi connectivity index (χ2n) is 8.82. The Morgan fingerprint density at radius 1 is 0.568 bits per heavy atom. The van der Waals surface area contributed by atoms with E-state index in [9.17, 15) is 15.0 Å². The Hall–Kier alpha value is -4.67. The van der Waals surface area contributed by atoms with Gasteiger partial charge in [-0.3, -0.25) is 4.79 Å². The third-order valence-electron chi connectivity index (χ3n) is 6.52. The van der Waals surface area contributed by atoms with Crippen LogP contribution < -0.4 is 0 Å². The van der Waals surface area contributed by atoms with Crippen LogP contribution in [0.25, 0.3) is 42.8 Å². The molecule has 0 saturated heterocycles. The number of carbonyl (C=O) groups is 1. The highest BCUT2D eigenvalue weighted by molar-refractivity contribution is 7.23. The van der Waals surface area contributed by atoms with Crippen LogP contribution in [-0.2, 0) is 0 Å². The highest BCUT2D eigenvalue weighted by Crippen LogP contribution is 2.45. The maximum atomic E-state index is 14.2. The number of rotatable bonds is 5. The molecule has 0 fully saturated rings. The van der Waals surface area contributed by atoms with E-state index in [1.165, 1.54) is 11.3 Å². The molecule has 0 aliphatic rings. The highest BCUT2D eigenvalue weighted by atomic mass is 32.1. The molecule has 37 heavy (non-hydrogen) atoms. The zero-order chi connectivity index (χ0) is 25.4. The van der Waals surface area contributed by atoms with Gasteiger partial charge in [-0.15, -0.1) is 11.3 Å². The van der Waals surface area contributed by atoms with Crippen LogP contribution >= 0.6 is 11.3 Å². The lowest BCUT2D eigenvalue weighted by atomic mass is 9.92. The molecule has 0 amide bonds. The van der Waals surface area contributed by atoms with Gasteiger partial charge >= 0.3 is 0 Å². The molecular weight excluding hydrogens is 476 g/mol. The lowest BCUT2D eigenvalue weighted by molar-refractivity contribution is 0.104. The van der Waals surface area contributed by atoms with E-state index in [0.29, 0.717) is 16.7 Å². The molecule has 0 aliphatic carbocycles. The van der Waals surface area contributed by atoms with Gasteiger partial charge in [0.05, 0.1) is 0 Å². The molecule has 1 aromatic heterocycles. The van der Waals surface area contributed by atoms with Crippen LogP contribution in [0.3, 0.4) is 0 Å². The Balaban J connectivity index is 1.57. The lowest BCUT2D eigenvalue weighted by Gasteiger charge is -2.10. The first-order chi connectivity index (χ1) is 18.1. The Bertz CT molecular complexity index is 1730. The first-order valence-electron chi connectivity index (χ1n) is 11.9. The summed E-state index contributed by atoms with van der Waals surface area (Å²) in [5.74, 6) is 0.249. The first-order valence-corrected chi connectivity index (χ1v) is 12.8. The quantitative estimate of drug-likeness (QED) is 0.234. The number of carbonyl (C=O) groups excluding carboxylic acids is 1. The van der Waals surface area contributed by atoms with E-state index in [2.05, 4.69) is 0 Å². The fraction of sp³-hybridized carbons (Fsp3) is 0. The van der Waals surface area contributed by atoms with E-state index in [1.807, 2.05) is 97.1 Å². The van der Waals surface area contributed by atoms with Crippen molar-refractivity contribution >= 4 is 27.2 Å². The van der Waals surface area contributed by atoms with Crippen molar-refractivity contribution in [1.29, 1.82) is 0 Å². The molecular formula is C33H22O3S. The van der Waals surface area contributed by atoms with Gasteiger partial charge in [0.2, 0.25) is 0 Å². The van der Waals surface area contributed by atoms with Crippen LogP contribution in [0.5, 0.6) is 11.5 Å². The van der Waals surface area contributed by atoms with Crippen LogP contribution in [0.4, 0.5) is 0 Å². The molecule has 0 saturated carbocycles. The van der Waals surface area contributed by atoms with Crippen LogP contribution in [0.1, 0.15) is 15.9 Å². The van der Waals surface area contributed by atoms with Crippen molar-refractivity contribution in [3.63, 3.8) is 0 Å². The predicted molar refractivity (Wildman–Crippen MR) is 151 cm³/mol. The Kier molecular flexibility index (Phi) is 5.79. The number of phenolic OH excluding ortho intramolecular Hbond substituents is 2. The van der Waals surface area contributed by atoms with Gasteiger partial charge in [0, 0.05) is 31.7 Å². The molecule has 0 atom stereocenters. The molecule has 178 valence electrons. The van der Waals surface area contributed by atoms with Crippen molar-refractivity contribution < 1.29 is 15.0 Å². The summed E-state index contributed by atoms with van der Waals surface area (Å²) in [5.41, 5.74) is 5.66. The molecule has 1 heterocycles. The Labute approximate surface area is 218 Å². The molecule has 2 N–H and O–H groups in total. The van der Waals surface area contributed by atoms with Crippen molar-refractivity contribution in [3.05, 3.63) is 132 Å². The van der Waals surface area contributed by atoms with E-state index < -0.39 is 0 Å². The number of phenols is 2. The Morgan fingerprint density at radius 3 is 1.92 bits per heavy atom. The number of aromatic hydroxyl groups is 2. The molecule has 0 unspecified atom stereocenters. The van der Waals surface area contributed by atoms with Crippen molar-refractivity contribution in [1.82, 2.24) is 0 Å². The highest BCUT2D eigenvalue weighted by Gasteiger charge is 2.24. The average Bonchev–Trinajstić information content (AvgIpc) is 3.34. The SMILES string of the molecule is O=C(c1ccc(-c2ccccc2)cc1)c1c(-c2ccc(O)cc2)sc2cccc(-c3ccccc3O)c12. The van der Waals surface area contributed by atoms with Gasteiger partial charge in [0.15, 0.2) is 5.78 Å². The number of fused-ring (bicyclic) bond motifs is 1. The van der Waals surface area contributed by atoms with Gasteiger partial charge in [-0.05, 0) is 58.7 Å². The molecule has 3 nitrogen and oxygen atoms in total. The summed E-state index contributed by atoms with van der Waals surface area (Å²) in [6.07, 6.45) is 0. The van der Waals surface area contributed by atoms with Gasteiger partial charge < -0.3 is 10.2 Å². The summed E-state index contributed by atoms with van der Waals surface area (Å²) in [5, 5.41) is 21.3. The van der Waals surface area contributed by atoms with E-state index in [-0.39, 0.29) is 17.3 Å². The monoisotopic (exact) mass is 498 g/mol. The number of ketones is 1. The number of hydrogen-bond acceptors (Lipinski definition) is 4. The number of para-hydroxylation sites is 1. The van der Waals surface area contributed by atoms with Gasteiger partial charge in [-0.2, -0.15) is 0 Å². The maximum absolute atomic E-state index is 14.2. The molecule has 5 aromatic carbocycles. The minimum atomic E-state index is -0.0863. The summed E-state index contributed by atoms with van der Waals surface area (Å²) in [7, 11) is 0. The van der Waals surface area contributed by atoms with Crippen LogP contribution in [0, 0.1) is 0 Å². The molecule has 0 bridgehead atoms. The lowest BCUT2D eigenvalue weighted by Crippen LogP contribution is -2.03.